The lowest BCUT2D eigenvalue weighted by molar-refractivity contribution is -0.229. The largest absolute Gasteiger partial charge is 0.449 e. The number of allylic oxidation sites excluding steroid dienone is 4. The summed E-state index contributed by atoms with van der Waals surface area (Å²) < 4.78 is 52.4. The highest BCUT2D eigenvalue weighted by molar-refractivity contribution is 8.13. The number of aliphatic hydroxyl groups is 1. The minimum Gasteiger partial charge on any atom is -0.449 e. The summed E-state index contributed by atoms with van der Waals surface area (Å²) in [6.07, 6.45) is 0.232. The van der Waals surface area contributed by atoms with Crippen LogP contribution in [0.1, 0.15) is 40.0 Å². The van der Waals surface area contributed by atoms with E-state index in [-0.39, 0.29) is 30.8 Å². The lowest BCUT2D eigenvalue weighted by Gasteiger charge is -2.63. The highest BCUT2D eigenvalue weighted by Crippen LogP contribution is 2.72. The summed E-state index contributed by atoms with van der Waals surface area (Å²) in [4.78, 5) is 38.6. The third kappa shape index (κ3) is 3.19. The minimum absolute atomic E-state index is 0.0201. The molecule has 36 heavy (non-hydrogen) atoms. The highest BCUT2D eigenvalue weighted by Gasteiger charge is 2.78. The number of halogens is 3. The van der Waals surface area contributed by atoms with Gasteiger partial charge in [0.15, 0.2) is 17.1 Å². The predicted octanol–water partition coefficient (Wildman–Crippen LogP) is 4.38. The van der Waals surface area contributed by atoms with Crippen LogP contribution in [0.25, 0.3) is 0 Å². The zero-order valence-corrected chi connectivity index (χ0v) is 22.1. The molecule has 9 atom stereocenters. The molecule has 1 saturated heterocycles. The number of carbonyl (C=O) groups excluding carboxylic acids is 3. The van der Waals surface area contributed by atoms with Crippen molar-refractivity contribution in [2.75, 3.05) is 17.5 Å². The molecule has 3 saturated carbocycles. The van der Waals surface area contributed by atoms with Gasteiger partial charge in [-0.15, -0.1) is 0 Å². The molecular formula is C26H31F3O5S2. The second-order valence-electron chi connectivity index (χ2n) is 11.4. The second-order valence-corrected chi connectivity index (χ2v) is 13.4. The van der Waals surface area contributed by atoms with E-state index in [1.54, 1.807) is 25.6 Å². The van der Waals surface area contributed by atoms with Gasteiger partial charge in [-0.2, -0.15) is 11.8 Å². The van der Waals surface area contributed by atoms with Gasteiger partial charge in [0.25, 0.3) is 0 Å². The normalized spacial score (nSPS) is 47.8. The first kappa shape index (κ1) is 26.4. The molecular weight excluding hydrogens is 513 g/mol. The fourth-order valence-corrected chi connectivity index (χ4v) is 9.52. The van der Waals surface area contributed by atoms with Crippen LogP contribution in [0.2, 0.25) is 0 Å². The summed E-state index contributed by atoms with van der Waals surface area (Å²) in [5.41, 5.74) is -6.83. The average molecular weight is 545 g/mol. The molecule has 0 bridgehead atoms. The minimum atomic E-state index is -2.30. The molecule has 0 aromatic rings. The number of carbonyl (C=O) groups is 3. The molecule has 0 aromatic carbocycles. The number of aliphatic hydroxyl groups excluding tert-OH is 1. The van der Waals surface area contributed by atoms with Crippen molar-refractivity contribution < 1.29 is 37.4 Å². The molecule has 1 aliphatic heterocycles. The van der Waals surface area contributed by atoms with Gasteiger partial charge in [-0.3, -0.25) is 14.4 Å². The van der Waals surface area contributed by atoms with Crippen LogP contribution in [0.4, 0.5) is 13.2 Å². The lowest BCUT2D eigenvalue weighted by atomic mass is 9.44. The number of rotatable bonds is 4. The molecule has 4 aliphatic carbocycles. The van der Waals surface area contributed by atoms with Crippen molar-refractivity contribution in [1.82, 2.24) is 0 Å². The van der Waals surface area contributed by atoms with E-state index in [1.807, 2.05) is 0 Å². The summed E-state index contributed by atoms with van der Waals surface area (Å²) in [6, 6.07) is -1.01. The molecule has 4 fully saturated rings. The number of fused-ring (bicyclic) bond motifs is 5. The van der Waals surface area contributed by atoms with Crippen molar-refractivity contribution in [3.05, 3.63) is 23.8 Å². The van der Waals surface area contributed by atoms with E-state index < -0.39 is 75.0 Å². The molecule has 0 aromatic heterocycles. The Bertz CT molecular complexity index is 1060. The molecule has 5 rings (SSSR count). The number of alkyl halides is 3. The van der Waals surface area contributed by atoms with Gasteiger partial charge in [0.2, 0.25) is 5.12 Å². The first-order valence-corrected chi connectivity index (χ1v) is 14.5. The van der Waals surface area contributed by atoms with Crippen LogP contribution in [-0.2, 0) is 19.1 Å². The molecule has 5 nitrogen and oxygen atoms in total. The molecule has 1 heterocycles. The van der Waals surface area contributed by atoms with Gasteiger partial charge in [0.1, 0.15) is 12.2 Å². The summed E-state index contributed by atoms with van der Waals surface area (Å²) in [7, 11) is 0. The number of ether oxygens (including phenoxy) is 1. The van der Waals surface area contributed by atoms with E-state index in [0.717, 1.165) is 6.08 Å². The zero-order valence-electron chi connectivity index (χ0n) is 20.5. The maximum atomic E-state index is 17.3. The molecule has 0 amide bonds. The Morgan fingerprint density at radius 3 is 2.56 bits per heavy atom. The van der Waals surface area contributed by atoms with Crippen LogP contribution < -0.4 is 0 Å². The van der Waals surface area contributed by atoms with Gasteiger partial charge in [0, 0.05) is 34.2 Å². The molecule has 198 valence electrons. The predicted molar refractivity (Wildman–Crippen MR) is 131 cm³/mol. The number of ketones is 1. The van der Waals surface area contributed by atoms with Crippen LogP contribution in [0, 0.1) is 34.5 Å². The molecule has 0 radical (unpaired) electrons. The maximum absolute atomic E-state index is 17.3. The van der Waals surface area contributed by atoms with Crippen molar-refractivity contribution in [2.45, 2.75) is 63.6 Å². The Morgan fingerprint density at radius 2 is 1.94 bits per heavy atom. The van der Waals surface area contributed by atoms with Crippen LogP contribution in [0.3, 0.4) is 0 Å². The summed E-state index contributed by atoms with van der Waals surface area (Å²) in [5.74, 6) is -2.42. The first-order chi connectivity index (χ1) is 16.9. The van der Waals surface area contributed by atoms with Gasteiger partial charge in [-0.1, -0.05) is 19.9 Å². The Hall–Kier alpha value is -1.26. The van der Waals surface area contributed by atoms with E-state index in [4.69, 9.17) is 4.74 Å². The Balaban J connectivity index is 1.62. The monoisotopic (exact) mass is 544 g/mol. The fourth-order valence-electron chi connectivity index (χ4n) is 7.99. The first-order valence-electron chi connectivity index (χ1n) is 12.4. The molecule has 10 heteroatoms. The van der Waals surface area contributed by atoms with Crippen molar-refractivity contribution in [1.29, 1.82) is 0 Å². The topological polar surface area (TPSA) is 80.7 Å². The SMILES string of the molecule is CC1C[C@H]2[C@@H]3CC(F)C4=CC(=O)C=C[C@]4(C)C3(F)C(O)C[C@]2(C)C1(OC(=O)C1CSC1)C(=O)SCF. The number of thioether (sulfide) groups is 2. The molecule has 1 N–H and O–H groups in total. The zero-order chi connectivity index (χ0) is 26.3. The van der Waals surface area contributed by atoms with Gasteiger partial charge < -0.3 is 9.84 Å². The van der Waals surface area contributed by atoms with Crippen LogP contribution in [0.5, 0.6) is 0 Å². The van der Waals surface area contributed by atoms with Crippen molar-refractivity contribution >= 4 is 40.4 Å². The smallest absolute Gasteiger partial charge is 0.311 e. The second kappa shape index (κ2) is 8.63. The third-order valence-corrected chi connectivity index (χ3v) is 11.8. The standard InChI is InChI=1S/C26H31F3O5S2/c1-13-6-16-17-8-19(28)18-7-15(30)4-5-23(18,2)25(17,29)20(31)9-24(16,3)26(13,22(33)36-12-27)34-21(32)14-10-35-11-14/h4-5,7,13-14,16-17,19-20,31H,6,8-12H2,1-3H3/t13?,16-,17-,19?,20?,23-,24-,25?,26?/m0/s1. The maximum Gasteiger partial charge on any atom is 0.311 e. The van der Waals surface area contributed by atoms with Crippen molar-refractivity contribution in [3.63, 3.8) is 0 Å². The quantitative estimate of drug-likeness (QED) is 0.526. The molecule has 5 aliphatic rings. The molecule has 5 unspecified atom stereocenters. The van der Waals surface area contributed by atoms with Crippen LogP contribution in [-0.4, -0.2) is 63.0 Å². The van der Waals surface area contributed by atoms with Crippen LogP contribution in [0.15, 0.2) is 23.8 Å². The van der Waals surface area contributed by atoms with Crippen LogP contribution >= 0.6 is 23.5 Å². The fraction of sp³-hybridized carbons (Fsp3) is 0.731. The number of hydrogen-bond acceptors (Lipinski definition) is 7. The van der Waals surface area contributed by atoms with E-state index in [0.29, 0.717) is 23.3 Å². The van der Waals surface area contributed by atoms with E-state index in [2.05, 4.69) is 0 Å². The summed E-state index contributed by atoms with van der Waals surface area (Å²) >= 11 is 2.00. The van der Waals surface area contributed by atoms with E-state index in [9.17, 15) is 23.9 Å². The van der Waals surface area contributed by atoms with Gasteiger partial charge in [0.05, 0.1) is 12.0 Å². The van der Waals surface area contributed by atoms with E-state index in [1.165, 1.54) is 19.1 Å². The van der Waals surface area contributed by atoms with Crippen molar-refractivity contribution in [2.24, 2.45) is 34.5 Å². The number of esters is 1. The Morgan fingerprint density at radius 1 is 1.25 bits per heavy atom. The highest BCUT2D eigenvalue weighted by atomic mass is 32.2. The van der Waals surface area contributed by atoms with E-state index >= 15 is 8.78 Å². The lowest BCUT2D eigenvalue weighted by Crippen LogP contribution is -2.70. The van der Waals surface area contributed by atoms with Gasteiger partial charge >= 0.3 is 5.97 Å². The van der Waals surface area contributed by atoms with Gasteiger partial charge in [-0.05, 0) is 61.6 Å². The summed E-state index contributed by atoms with van der Waals surface area (Å²) in [5, 5.41) is 10.8. The molecule has 0 spiro atoms. The third-order valence-electron chi connectivity index (χ3n) is 9.89. The Labute approximate surface area is 217 Å². The van der Waals surface area contributed by atoms with Gasteiger partial charge in [-0.25, -0.2) is 13.2 Å². The average Bonchev–Trinajstić information content (AvgIpc) is 2.98. The summed E-state index contributed by atoms with van der Waals surface area (Å²) in [6.45, 7) is 4.94. The Kier molecular flexibility index (Phi) is 6.32. The van der Waals surface area contributed by atoms with Crippen molar-refractivity contribution in [3.8, 4) is 0 Å². The number of hydrogen-bond donors (Lipinski definition) is 1.